The van der Waals surface area contributed by atoms with Gasteiger partial charge in [0.25, 0.3) is 6.92 Å². The van der Waals surface area contributed by atoms with Crippen LogP contribution in [0.25, 0.3) is 0 Å². The highest BCUT2D eigenvalue weighted by molar-refractivity contribution is 6.53. The van der Waals surface area contributed by atoms with E-state index in [4.69, 9.17) is 4.65 Å². The maximum absolute atomic E-state index is 6.50. The third kappa shape index (κ3) is 3.50. The van der Waals surface area contributed by atoms with E-state index in [2.05, 4.69) is 19.9 Å². The van der Waals surface area contributed by atoms with Gasteiger partial charge >= 0.3 is 0 Å². The summed E-state index contributed by atoms with van der Waals surface area (Å²) in [7, 11) is 0. The molecule has 3 aliphatic rings. The van der Waals surface area contributed by atoms with Crippen molar-refractivity contribution in [3.05, 3.63) is 11.6 Å². The van der Waals surface area contributed by atoms with E-state index in [0.717, 1.165) is 17.7 Å². The zero-order valence-corrected chi connectivity index (χ0v) is 13.4. The molecule has 1 unspecified atom stereocenters. The summed E-state index contributed by atoms with van der Waals surface area (Å²) in [5.74, 6) is 2.61. The molecule has 0 aromatic heterocycles. The first-order valence-corrected chi connectivity index (χ1v) is 9.03. The van der Waals surface area contributed by atoms with Crippen LogP contribution in [0.5, 0.6) is 0 Å². The van der Waals surface area contributed by atoms with Crippen LogP contribution in [0, 0.1) is 11.8 Å². The van der Waals surface area contributed by atoms with Crippen molar-refractivity contribution in [3.63, 3.8) is 0 Å². The second kappa shape index (κ2) is 6.68. The van der Waals surface area contributed by atoms with Gasteiger partial charge in [-0.3, -0.25) is 0 Å². The van der Waals surface area contributed by atoms with Gasteiger partial charge in [-0.1, -0.05) is 44.3 Å². The van der Waals surface area contributed by atoms with Crippen molar-refractivity contribution in [2.45, 2.75) is 89.9 Å². The summed E-state index contributed by atoms with van der Waals surface area (Å²) in [6.45, 7) is 5.35. The number of rotatable bonds is 3. The third-order valence-electron chi connectivity index (χ3n) is 6.18. The second-order valence-corrected chi connectivity index (χ2v) is 7.72. The molecule has 0 spiro atoms. The SMILES string of the molecule is CC1=CC[C@H](C(C)CB2OC3CCCC2CCC3)CC1. The Hall–Kier alpha value is -0.235. The first kappa shape index (κ1) is 14.7. The van der Waals surface area contributed by atoms with Crippen LogP contribution in [-0.2, 0) is 4.65 Å². The van der Waals surface area contributed by atoms with Crippen LogP contribution in [0.15, 0.2) is 11.6 Å². The summed E-state index contributed by atoms with van der Waals surface area (Å²) >= 11 is 0. The highest BCUT2D eigenvalue weighted by Gasteiger charge is 2.37. The fourth-order valence-corrected chi connectivity index (χ4v) is 4.68. The highest BCUT2D eigenvalue weighted by Crippen LogP contribution is 2.41. The molecule has 0 aromatic rings. The Morgan fingerprint density at radius 1 is 1.20 bits per heavy atom. The van der Waals surface area contributed by atoms with Gasteiger partial charge in [0.1, 0.15) is 0 Å². The van der Waals surface area contributed by atoms with E-state index >= 15 is 0 Å². The van der Waals surface area contributed by atoms with Gasteiger partial charge in [-0.2, -0.15) is 0 Å². The van der Waals surface area contributed by atoms with E-state index in [9.17, 15) is 0 Å². The first-order valence-electron chi connectivity index (χ1n) is 9.03. The molecule has 2 fully saturated rings. The van der Waals surface area contributed by atoms with Gasteiger partial charge in [0.15, 0.2) is 0 Å². The summed E-state index contributed by atoms with van der Waals surface area (Å²) in [5, 5.41) is 0. The Bertz CT molecular complexity index is 341. The molecule has 3 rings (SSSR count). The van der Waals surface area contributed by atoms with Gasteiger partial charge in [-0.25, -0.2) is 0 Å². The first-order chi connectivity index (χ1) is 9.72. The number of hydrogen-bond acceptors (Lipinski definition) is 1. The van der Waals surface area contributed by atoms with E-state index < -0.39 is 0 Å². The average molecular weight is 274 g/mol. The van der Waals surface area contributed by atoms with Crippen molar-refractivity contribution in [1.29, 1.82) is 0 Å². The Morgan fingerprint density at radius 3 is 2.60 bits per heavy atom. The molecule has 1 aliphatic carbocycles. The predicted octanol–water partition coefficient (Wildman–Crippen LogP) is 5.48. The van der Waals surface area contributed by atoms with Crippen molar-refractivity contribution in [3.8, 4) is 0 Å². The molecule has 2 heteroatoms. The van der Waals surface area contributed by atoms with E-state index in [1.54, 1.807) is 5.57 Å². The molecule has 2 heterocycles. The fraction of sp³-hybridized carbons (Fsp3) is 0.889. The molecule has 2 aliphatic heterocycles. The lowest BCUT2D eigenvalue weighted by atomic mass is 9.48. The standard InChI is InChI=1S/C18H31BO/c1-14-9-11-16(12-10-14)15(2)13-19-17-5-3-7-18(20-19)8-4-6-17/h9,15-18H,3-8,10-13H2,1-2H3/t15?,16-,17?,18?/m0/s1. The molecule has 0 saturated carbocycles. The van der Waals surface area contributed by atoms with E-state index in [1.165, 1.54) is 64.1 Å². The zero-order valence-electron chi connectivity index (χ0n) is 13.4. The molecule has 0 N–H and O–H groups in total. The van der Waals surface area contributed by atoms with Crippen molar-refractivity contribution in [2.75, 3.05) is 0 Å². The molecule has 0 amide bonds. The number of allylic oxidation sites excluding steroid dienone is 2. The lowest BCUT2D eigenvalue weighted by Crippen LogP contribution is -2.30. The summed E-state index contributed by atoms with van der Waals surface area (Å²) in [6.07, 6.45) is 16.8. The van der Waals surface area contributed by atoms with Crippen LogP contribution in [-0.4, -0.2) is 13.0 Å². The third-order valence-corrected chi connectivity index (χ3v) is 6.18. The Kier molecular flexibility index (Phi) is 4.91. The van der Waals surface area contributed by atoms with Crippen molar-refractivity contribution in [2.24, 2.45) is 11.8 Å². The summed E-state index contributed by atoms with van der Waals surface area (Å²) in [5.41, 5.74) is 1.61. The van der Waals surface area contributed by atoms with Crippen molar-refractivity contribution < 1.29 is 4.65 Å². The maximum atomic E-state index is 6.50. The number of hydrogen-bond donors (Lipinski definition) is 0. The molecular weight excluding hydrogens is 243 g/mol. The smallest absolute Gasteiger partial charge is 0.296 e. The van der Waals surface area contributed by atoms with Crippen molar-refractivity contribution >= 4 is 6.92 Å². The largest absolute Gasteiger partial charge is 0.433 e. The zero-order chi connectivity index (χ0) is 13.9. The van der Waals surface area contributed by atoms with Gasteiger partial charge in [0, 0.05) is 6.10 Å². The van der Waals surface area contributed by atoms with Gasteiger partial charge in [0.2, 0.25) is 0 Å². The minimum atomic E-state index is 0.576. The van der Waals surface area contributed by atoms with Gasteiger partial charge < -0.3 is 4.65 Å². The van der Waals surface area contributed by atoms with Crippen molar-refractivity contribution in [1.82, 2.24) is 0 Å². The quantitative estimate of drug-likeness (QED) is 0.489. The summed E-state index contributed by atoms with van der Waals surface area (Å²) in [6, 6.07) is 0. The monoisotopic (exact) mass is 274 g/mol. The molecule has 2 atom stereocenters. The highest BCUT2D eigenvalue weighted by atomic mass is 16.4. The predicted molar refractivity (Wildman–Crippen MR) is 87.1 cm³/mol. The Morgan fingerprint density at radius 2 is 1.95 bits per heavy atom. The van der Waals surface area contributed by atoms with E-state index in [-0.39, 0.29) is 0 Å². The molecule has 2 bridgehead atoms. The lowest BCUT2D eigenvalue weighted by Gasteiger charge is -2.30. The Balaban J connectivity index is 1.58. The molecule has 1 nitrogen and oxygen atoms in total. The van der Waals surface area contributed by atoms with Crippen LogP contribution in [0.1, 0.15) is 71.6 Å². The molecular formula is C18H31BO. The van der Waals surface area contributed by atoms with Gasteiger partial charge in [-0.05, 0) is 63.0 Å². The minimum absolute atomic E-state index is 0.576. The molecule has 2 saturated heterocycles. The average Bonchev–Trinajstić information content (AvgIpc) is 2.71. The molecule has 0 radical (unpaired) electrons. The van der Waals surface area contributed by atoms with Gasteiger partial charge in [-0.15, -0.1) is 0 Å². The second-order valence-electron chi connectivity index (χ2n) is 7.72. The van der Waals surface area contributed by atoms with Gasteiger partial charge in [0.05, 0.1) is 0 Å². The number of fused-ring (bicyclic) bond motifs is 3. The normalized spacial score (nSPS) is 36.2. The minimum Gasteiger partial charge on any atom is -0.433 e. The van der Waals surface area contributed by atoms with Crippen LogP contribution in [0.3, 0.4) is 0 Å². The van der Waals surface area contributed by atoms with Crippen LogP contribution in [0.2, 0.25) is 12.1 Å². The maximum Gasteiger partial charge on any atom is 0.296 e. The molecule has 0 aromatic carbocycles. The fourth-order valence-electron chi connectivity index (χ4n) is 4.68. The van der Waals surface area contributed by atoms with E-state index in [1.807, 2.05) is 0 Å². The topological polar surface area (TPSA) is 9.23 Å². The van der Waals surface area contributed by atoms with E-state index in [0.29, 0.717) is 13.0 Å². The molecule has 20 heavy (non-hydrogen) atoms. The van der Waals surface area contributed by atoms with Crippen LogP contribution in [0.4, 0.5) is 0 Å². The summed E-state index contributed by atoms with van der Waals surface area (Å²) in [4.78, 5) is 0. The summed E-state index contributed by atoms with van der Waals surface area (Å²) < 4.78 is 6.50. The van der Waals surface area contributed by atoms with Crippen LogP contribution < -0.4 is 0 Å². The van der Waals surface area contributed by atoms with Crippen LogP contribution >= 0.6 is 0 Å². The lowest BCUT2D eigenvalue weighted by molar-refractivity contribution is 0.183. The molecule has 112 valence electrons. The Labute approximate surface area is 125 Å².